The van der Waals surface area contributed by atoms with Crippen molar-refractivity contribution in [3.05, 3.63) is 59.2 Å². The number of carbonyl (C=O) groups is 1. The first-order valence-corrected chi connectivity index (χ1v) is 9.48. The predicted octanol–water partition coefficient (Wildman–Crippen LogP) is 2.36. The summed E-state index contributed by atoms with van der Waals surface area (Å²) in [5, 5.41) is 0. The number of hydrogen-bond acceptors (Lipinski definition) is 4. The van der Waals surface area contributed by atoms with Gasteiger partial charge >= 0.3 is 0 Å². The lowest BCUT2D eigenvalue weighted by molar-refractivity contribution is -0.130. The van der Waals surface area contributed by atoms with Gasteiger partial charge in [0, 0.05) is 37.1 Å². The van der Waals surface area contributed by atoms with Crippen LogP contribution >= 0.6 is 0 Å². The zero-order valence-electron chi connectivity index (χ0n) is 15.5. The van der Waals surface area contributed by atoms with E-state index in [2.05, 4.69) is 34.4 Å². The minimum Gasteiger partial charge on any atom is -0.358 e. The predicted molar refractivity (Wildman–Crippen MR) is 106 cm³/mol. The van der Waals surface area contributed by atoms with Gasteiger partial charge in [-0.1, -0.05) is 13.5 Å². The SMILES string of the molecule is C=CC(=O)N1CC(N(c2cc(-c3cc(CC)ccn3)c[nH]c2=O)C2CC2)C1. The standard InChI is InChI=1S/C21H24N4O2/c1-3-14-7-8-22-18(9-14)15-10-19(21(27)23-11-15)25(16-5-6-16)17-12-24(13-17)20(26)4-2/h4,7-11,16-17H,2-3,5-6,12-13H2,1H3,(H,23,27). The third-order valence-electron chi connectivity index (χ3n) is 5.37. The average Bonchev–Trinajstić information content (AvgIpc) is 3.49. The van der Waals surface area contributed by atoms with Crippen LogP contribution in [0.5, 0.6) is 0 Å². The van der Waals surface area contributed by atoms with E-state index < -0.39 is 0 Å². The molecule has 1 saturated carbocycles. The molecule has 1 aliphatic heterocycles. The zero-order chi connectivity index (χ0) is 19.0. The molecule has 1 N–H and O–H groups in total. The number of hydrogen-bond donors (Lipinski definition) is 1. The van der Waals surface area contributed by atoms with Gasteiger partial charge in [-0.25, -0.2) is 0 Å². The number of aryl methyl sites for hydroxylation is 1. The van der Waals surface area contributed by atoms with E-state index in [0.717, 1.165) is 30.5 Å². The number of aromatic amines is 1. The molecule has 0 radical (unpaired) electrons. The van der Waals surface area contributed by atoms with Crippen LogP contribution in [0, 0.1) is 0 Å². The fourth-order valence-corrected chi connectivity index (χ4v) is 3.65. The van der Waals surface area contributed by atoms with Gasteiger partial charge in [0.1, 0.15) is 5.69 Å². The summed E-state index contributed by atoms with van der Waals surface area (Å²) in [7, 11) is 0. The van der Waals surface area contributed by atoms with E-state index in [9.17, 15) is 9.59 Å². The van der Waals surface area contributed by atoms with Gasteiger partial charge in [0.15, 0.2) is 0 Å². The fourth-order valence-electron chi connectivity index (χ4n) is 3.65. The van der Waals surface area contributed by atoms with E-state index in [0.29, 0.717) is 24.8 Å². The van der Waals surface area contributed by atoms with Crippen molar-refractivity contribution < 1.29 is 4.79 Å². The number of nitrogens with one attached hydrogen (secondary N) is 1. The van der Waals surface area contributed by atoms with Crippen LogP contribution in [-0.2, 0) is 11.2 Å². The van der Waals surface area contributed by atoms with Crippen LogP contribution in [0.25, 0.3) is 11.3 Å². The quantitative estimate of drug-likeness (QED) is 0.799. The van der Waals surface area contributed by atoms with Crippen LogP contribution in [0.1, 0.15) is 25.3 Å². The molecule has 4 rings (SSSR count). The minimum absolute atomic E-state index is 0.0507. The van der Waals surface area contributed by atoms with E-state index in [-0.39, 0.29) is 17.5 Å². The van der Waals surface area contributed by atoms with Crippen LogP contribution in [0.15, 0.2) is 48.0 Å². The Morgan fingerprint density at radius 1 is 1.37 bits per heavy atom. The Balaban J connectivity index is 1.64. The van der Waals surface area contributed by atoms with Crippen molar-refractivity contribution in [2.24, 2.45) is 0 Å². The van der Waals surface area contributed by atoms with Crippen LogP contribution in [0.3, 0.4) is 0 Å². The molecule has 0 bridgehead atoms. The Kier molecular flexibility index (Phi) is 4.56. The number of pyridine rings is 2. The molecule has 6 nitrogen and oxygen atoms in total. The van der Waals surface area contributed by atoms with Crippen LogP contribution in [0.4, 0.5) is 5.69 Å². The highest BCUT2D eigenvalue weighted by Crippen LogP contribution is 2.35. The summed E-state index contributed by atoms with van der Waals surface area (Å²) in [6, 6.07) is 6.56. The molecule has 140 valence electrons. The first-order chi connectivity index (χ1) is 13.1. The summed E-state index contributed by atoms with van der Waals surface area (Å²) in [4.78, 5) is 35.7. The van der Waals surface area contributed by atoms with E-state index in [4.69, 9.17) is 0 Å². The van der Waals surface area contributed by atoms with Gasteiger partial charge in [-0.2, -0.15) is 0 Å². The average molecular weight is 364 g/mol. The van der Waals surface area contributed by atoms with Crippen molar-refractivity contribution in [2.75, 3.05) is 18.0 Å². The second kappa shape index (κ2) is 7.02. The maximum atomic E-state index is 12.6. The second-order valence-electron chi connectivity index (χ2n) is 7.25. The van der Waals surface area contributed by atoms with E-state index in [1.165, 1.54) is 11.6 Å². The van der Waals surface area contributed by atoms with Gasteiger partial charge in [-0.15, -0.1) is 0 Å². The lowest BCUT2D eigenvalue weighted by Gasteiger charge is -2.46. The largest absolute Gasteiger partial charge is 0.358 e. The maximum Gasteiger partial charge on any atom is 0.271 e. The van der Waals surface area contributed by atoms with Crippen LogP contribution in [0.2, 0.25) is 0 Å². The van der Waals surface area contributed by atoms with Gasteiger partial charge < -0.3 is 14.8 Å². The second-order valence-corrected chi connectivity index (χ2v) is 7.25. The van der Waals surface area contributed by atoms with Gasteiger partial charge in [-0.3, -0.25) is 14.6 Å². The Hall–Kier alpha value is -2.89. The molecule has 0 aromatic carbocycles. The Bertz CT molecular complexity index is 926. The summed E-state index contributed by atoms with van der Waals surface area (Å²) >= 11 is 0. The molecule has 2 aromatic rings. The van der Waals surface area contributed by atoms with Crippen molar-refractivity contribution >= 4 is 11.6 Å². The summed E-state index contributed by atoms with van der Waals surface area (Å²) < 4.78 is 0. The van der Waals surface area contributed by atoms with Crippen molar-refractivity contribution in [2.45, 2.75) is 38.3 Å². The van der Waals surface area contributed by atoms with Crippen molar-refractivity contribution in [1.29, 1.82) is 0 Å². The summed E-state index contributed by atoms with van der Waals surface area (Å²) in [5.74, 6) is -0.0507. The van der Waals surface area contributed by atoms with Crippen molar-refractivity contribution in [1.82, 2.24) is 14.9 Å². The third-order valence-corrected chi connectivity index (χ3v) is 5.37. The Morgan fingerprint density at radius 3 is 2.81 bits per heavy atom. The molecular weight excluding hydrogens is 340 g/mol. The van der Waals surface area contributed by atoms with E-state index >= 15 is 0 Å². The topological polar surface area (TPSA) is 69.3 Å². The van der Waals surface area contributed by atoms with Gasteiger partial charge in [0.05, 0.1) is 11.7 Å². The number of rotatable bonds is 6. The Morgan fingerprint density at radius 2 is 2.15 bits per heavy atom. The monoisotopic (exact) mass is 364 g/mol. The molecule has 27 heavy (non-hydrogen) atoms. The highest BCUT2D eigenvalue weighted by atomic mass is 16.2. The molecule has 1 amide bonds. The summed E-state index contributed by atoms with van der Waals surface area (Å²) in [5.41, 5.74) is 3.56. The molecule has 2 aromatic heterocycles. The fraction of sp³-hybridized carbons (Fsp3) is 0.381. The van der Waals surface area contributed by atoms with Crippen LogP contribution in [-0.4, -0.2) is 45.9 Å². The number of H-pyrrole nitrogens is 1. The molecule has 6 heteroatoms. The van der Waals surface area contributed by atoms with Gasteiger partial charge in [0.2, 0.25) is 5.91 Å². The zero-order valence-corrected chi connectivity index (χ0v) is 15.5. The Labute approximate surface area is 158 Å². The first kappa shape index (κ1) is 17.5. The number of amides is 1. The number of likely N-dealkylation sites (tertiary alicyclic amines) is 1. The number of anilines is 1. The number of aromatic nitrogens is 2. The molecule has 1 aliphatic carbocycles. The maximum absolute atomic E-state index is 12.6. The lowest BCUT2D eigenvalue weighted by atomic mass is 10.0. The third kappa shape index (κ3) is 3.39. The molecule has 2 fully saturated rings. The molecule has 0 atom stereocenters. The molecule has 3 heterocycles. The smallest absolute Gasteiger partial charge is 0.271 e. The normalized spacial score (nSPS) is 16.7. The molecule has 0 unspecified atom stereocenters. The molecule has 0 spiro atoms. The number of carbonyl (C=O) groups excluding carboxylic acids is 1. The first-order valence-electron chi connectivity index (χ1n) is 9.48. The van der Waals surface area contributed by atoms with Crippen LogP contribution < -0.4 is 10.5 Å². The van der Waals surface area contributed by atoms with Gasteiger partial charge in [-0.05, 0) is 49.1 Å². The molecule has 2 aliphatic rings. The van der Waals surface area contributed by atoms with Crippen molar-refractivity contribution in [3.8, 4) is 11.3 Å². The lowest BCUT2D eigenvalue weighted by Crippen LogP contribution is -2.62. The van der Waals surface area contributed by atoms with E-state index in [1.54, 1.807) is 11.1 Å². The number of nitrogens with zero attached hydrogens (tertiary/aromatic N) is 3. The minimum atomic E-state index is -0.0919. The highest BCUT2D eigenvalue weighted by molar-refractivity contribution is 5.88. The molecule has 1 saturated heterocycles. The summed E-state index contributed by atoms with van der Waals surface area (Å²) in [6.07, 6.45) is 7.99. The van der Waals surface area contributed by atoms with Crippen molar-refractivity contribution in [3.63, 3.8) is 0 Å². The molecular formula is C21H24N4O2. The van der Waals surface area contributed by atoms with Gasteiger partial charge in [0.25, 0.3) is 5.56 Å². The van der Waals surface area contributed by atoms with E-state index in [1.807, 2.05) is 18.3 Å². The highest BCUT2D eigenvalue weighted by Gasteiger charge is 2.42. The summed E-state index contributed by atoms with van der Waals surface area (Å²) in [6.45, 7) is 6.92.